The number of rotatable bonds is 3. The number of nitrogens with zero attached hydrogens (tertiary/aromatic N) is 3. The Kier molecular flexibility index (Phi) is 3.85. The highest BCUT2D eigenvalue weighted by atomic mass is 19.1. The molecule has 0 radical (unpaired) electrons. The normalized spacial score (nSPS) is 14.2. The summed E-state index contributed by atoms with van der Waals surface area (Å²) in [6.45, 7) is 1.92. The van der Waals surface area contributed by atoms with Crippen LogP contribution in [0.1, 0.15) is 12.8 Å². The predicted molar refractivity (Wildman–Crippen MR) is 106 cm³/mol. The SMILES string of the molecule is Fc1ccccc1-c1ccnc(N2CCCC2)c1-c1nc2ccccc2[nH]1. The van der Waals surface area contributed by atoms with Crippen LogP contribution >= 0.6 is 0 Å². The highest BCUT2D eigenvalue weighted by molar-refractivity contribution is 5.91. The van der Waals surface area contributed by atoms with Crippen LogP contribution in [0.15, 0.2) is 60.8 Å². The lowest BCUT2D eigenvalue weighted by Crippen LogP contribution is -2.20. The van der Waals surface area contributed by atoms with E-state index in [9.17, 15) is 4.39 Å². The molecule has 1 N–H and O–H groups in total. The first-order valence-corrected chi connectivity index (χ1v) is 9.25. The van der Waals surface area contributed by atoms with Gasteiger partial charge in [-0.15, -0.1) is 0 Å². The quantitative estimate of drug-likeness (QED) is 0.558. The molecule has 5 rings (SSSR count). The Morgan fingerprint density at radius 3 is 2.48 bits per heavy atom. The summed E-state index contributed by atoms with van der Waals surface area (Å²) in [5, 5.41) is 0. The van der Waals surface area contributed by atoms with Crippen LogP contribution in [0.5, 0.6) is 0 Å². The minimum atomic E-state index is -0.242. The number of imidazole rings is 1. The van der Waals surface area contributed by atoms with E-state index >= 15 is 0 Å². The zero-order chi connectivity index (χ0) is 18.2. The van der Waals surface area contributed by atoms with E-state index in [-0.39, 0.29) is 5.82 Å². The summed E-state index contributed by atoms with van der Waals surface area (Å²) in [4.78, 5) is 15.1. The first kappa shape index (κ1) is 16.0. The Labute approximate surface area is 156 Å². The Bertz CT molecular complexity index is 1080. The largest absolute Gasteiger partial charge is 0.356 e. The molecule has 4 nitrogen and oxygen atoms in total. The van der Waals surface area contributed by atoms with Crippen LogP contribution < -0.4 is 4.90 Å². The average Bonchev–Trinajstić information content (AvgIpc) is 3.37. The number of para-hydroxylation sites is 2. The number of fused-ring (bicyclic) bond motifs is 1. The number of anilines is 1. The smallest absolute Gasteiger partial charge is 0.142 e. The minimum absolute atomic E-state index is 0.242. The highest BCUT2D eigenvalue weighted by Gasteiger charge is 2.24. The molecule has 0 spiro atoms. The molecule has 1 saturated heterocycles. The van der Waals surface area contributed by atoms with E-state index < -0.39 is 0 Å². The lowest BCUT2D eigenvalue weighted by molar-refractivity contribution is 0.631. The van der Waals surface area contributed by atoms with E-state index in [1.165, 1.54) is 6.07 Å². The summed E-state index contributed by atoms with van der Waals surface area (Å²) >= 11 is 0. The summed E-state index contributed by atoms with van der Waals surface area (Å²) < 4.78 is 14.6. The van der Waals surface area contributed by atoms with Gasteiger partial charge in [0.25, 0.3) is 0 Å². The van der Waals surface area contributed by atoms with Gasteiger partial charge in [0.2, 0.25) is 0 Å². The second-order valence-corrected chi connectivity index (χ2v) is 6.83. The molecular formula is C22H19FN4. The molecule has 0 atom stereocenters. The topological polar surface area (TPSA) is 44.8 Å². The van der Waals surface area contributed by atoms with Crippen LogP contribution in [0.25, 0.3) is 33.5 Å². The lowest BCUT2D eigenvalue weighted by atomic mass is 9.99. The molecule has 0 amide bonds. The maximum absolute atomic E-state index is 14.6. The van der Waals surface area contributed by atoms with Crippen molar-refractivity contribution in [1.29, 1.82) is 0 Å². The van der Waals surface area contributed by atoms with Gasteiger partial charge in [0.05, 0.1) is 16.6 Å². The Morgan fingerprint density at radius 2 is 1.67 bits per heavy atom. The first-order valence-electron chi connectivity index (χ1n) is 9.25. The van der Waals surface area contributed by atoms with Gasteiger partial charge in [0, 0.05) is 30.4 Å². The Balaban J connectivity index is 1.79. The van der Waals surface area contributed by atoms with Crippen molar-refractivity contribution < 1.29 is 4.39 Å². The van der Waals surface area contributed by atoms with Crippen LogP contribution in [0.4, 0.5) is 10.2 Å². The van der Waals surface area contributed by atoms with Gasteiger partial charge in [-0.25, -0.2) is 14.4 Å². The van der Waals surface area contributed by atoms with Gasteiger partial charge in [-0.3, -0.25) is 0 Å². The number of halogens is 1. The average molecular weight is 358 g/mol. The zero-order valence-electron chi connectivity index (χ0n) is 14.8. The van der Waals surface area contributed by atoms with Crippen molar-refractivity contribution in [2.24, 2.45) is 0 Å². The molecule has 5 heteroatoms. The third-order valence-electron chi connectivity index (χ3n) is 5.13. The molecule has 4 aromatic rings. The van der Waals surface area contributed by atoms with E-state index in [4.69, 9.17) is 4.98 Å². The number of H-pyrrole nitrogens is 1. The molecule has 1 aliphatic heterocycles. The summed E-state index contributed by atoms with van der Waals surface area (Å²) in [6.07, 6.45) is 4.05. The monoisotopic (exact) mass is 358 g/mol. The predicted octanol–water partition coefficient (Wildman–Crippen LogP) is 5.03. The maximum Gasteiger partial charge on any atom is 0.142 e. The third-order valence-corrected chi connectivity index (χ3v) is 5.13. The molecular weight excluding hydrogens is 339 g/mol. The fourth-order valence-corrected chi connectivity index (χ4v) is 3.83. The van der Waals surface area contributed by atoms with Gasteiger partial charge < -0.3 is 9.88 Å². The molecule has 0 aliphatic carbocycles. The number of nitrogens with one attached hydrogen (secondary N) is 1. The van der Waals surface area contributed by atoms with Crippen molar-refractivity contribution in [3.63, 3.8) is 0 Å². The van der Waals surface area contributed by atoms with Crippen LogP contribution in [-0.2, 0) is 0 Å². The van der Waals surface area contributed by atoms with Crippen molar-refractivity contribution in [3.8, 4) is 22.5 Å². The van der Waals surface area contributed by atoms with Crippen LogP contribution in [0.3, 0.4) is 0 Å². The molecule has 3 heterocycles. The van der Waals surface area contributed by atoms with Crippen LogP contribution in [-0.4, -0.2) is 28.0 Å². The van der Waals surface area contributed by atoms with Gasteiger partial charge in [-0.2, -0.15) is 0 Å². The molecule has 0 saturated carbocycles. The fourth-order valence-electron chi connectivity index (χ4n) is 3.83. The van der Waals surface area contributed by atoms with E-state index in [0.717, 1.165) is 59.7 Å². The summed E-state index contributed by atoms with van der Waals surface area (Å²) in [7, 11) is 0. The highest BCUT2D eigenvalue weighted by Crippen LogP contribution is 2.39. The Morgan fingerprint density at radius 1 is 0.889 bits per heavy atom. The van der Waals surface area contributed by atoms with Crippen molar-refractivity contribution in [3.05, 3.63) is 66.6 Å². The maximum atomic E-state index is 14.6. The molecule has 2 aromatic heterocycles. The van der Waals surface area contributed by atoms with Gasteiger partial charge in [0.1, 0.15) is 17.5 Å². The van der Waals surface area contributed by atoms with Crippen molar-refractivity contribution in [2.75, 3.05) is 18.0 Å². The molecule has 1 aliphatic rings. The second kappa shape index (κ2) is 6.50. The molecule has 1 fully saturated rings. The molecule has 0 unspecified atom stereocenters. The van der Waals surface area contributed by atoms with Gasteiger partial charge in [0.15, 0.2) is 0 Å². The molecule has 0 bridgehead atoms. The number of pyridine rings is 1. The van der Waals surface area contributed by atoms with Gasteiger partial charge in [-0.05, 0) is 37.1 Å². The number of benzene rings is 2. The summed E-state index contributed by atoms with van der Waals surface area (Å²) in [5.74, 6) is 1.35. The fraction of sp³-hybridized carbons (Fsp3) is 0.182. The minimum Gasteiger partial charge on any atom is -0.356 e. The van der Waals surface area contributed by atoms with E-state index in [2.05, 4.69) is 14.9 Å². The van der Waals surface area contributed by atoms with E-state index in [1.807, 2.05) is 42.5 Å². The van der Waals surface area contributed by atoms with E-state index in [0.29, 0.717) is 5.56 Å². The Hall–Kier alpha value is -3.21. The number of aromatic nitrogens is 3. The van der Waals surface area contributed by atoms with Crippen molar-refractivity contribution in [1.82, 2.24) is 15.0 Å². The summed E-state index contributed by atoms with van der Waals surface area (Å²) in [6, 6.07) is 16.7. The van der Waals surface area contributed by atoms with Crippen LogP contribution in [0.2, 0.25) is 0 Å². The second-order valence-electron chi connectivity index (χ2n) is 6.83. The molecule has 2 aromatic carbocycles. The number of aromatic amines is 1. The lowest BCUT2D eigenvalue weighted by Gasteiger charge is -2.21. The standard InChI is InChI=1S/C22H19FN4/c23-17-8-2-1-7-15(17)16-11-12-24-22(27-13-5-6-14-27)20(16)21-25-18-9-3-4-10-19(18)26-21/h1-4,7-12H,5-6,13-14H2,(H,25,26). The third kappa shape index (κ3) is 2.76. The van der Waals surface area contributed by atoms with E-state index in [1.54, 1.807) is 12.3 Å². The zero-order valence-corrected chi connectivity index (χ0v) is 14.8. The van der Waals surface area contributed by atoms with Gasteiger partial charge >= 0.3 is 0 Å². The number of hydrogen-bond acceptors (Lipinski definition) is 3. The van der Waals surface area contributed by atoms with Crippen molar-refractivity contribution >= 4 is 16.9 Å². The van der Waals surface area contributed by atoms with Gasteiger partial charge in [-0.1, -0.05) is 30.3 Å². The van der Waals surface area contributed by atoms with Crippen molar-refractivity contribution in [2.45, 2.75) is 12.8 Å². The first-order chi connectivity index (χ1) is 13.3. The molecule has 27 heavy (non-hydrogen) atoms. The summed E-state index contributed by atoms with van der Waals surface area (Å²) in [5.41, 5.74) is 4.09. The number of hydrogen-bond donors (Lipinski definition) is 1. The van der Waals surface area contributed by atoms with Crippen LogP contribution in [0, 0.1) is 5.82 Å². The molecule has 134 valence electrons.